The molecule has 24 heavy (non-hydrogen) atoms. The molecule has 0 saturated carbocycles. The Labute approximate surface area is 144 Å². The van der Waals surface area contributed by atoms with Crippen LogP contribution in [0.3, 0.4) is 0 Å². The molecule has 2 heterocycles. The molecule has 0 bridgehead atoms. The first-order valence-electron chi connectivity index (χ1n) is 7.19. The lowest BCUT2D eigenvalue weighted by molar-refractivity contribution is 0.533. The standard InChI is InChI=1S/C16H17N3O3S2/c1-10-8-13(18-17-10)14-9-16(11(2)22-14)24(20,21)19-12-6-4-5-7-15(12)23-3/h4-9,19H,1-3H3,(H,17,18). The number of aryl methyl sites for hydroxylation is 2. The summed E-state index contributed by atoms with van der Waals surface area (Å²) in [7, 11) is -3.75. The van der Waals surface area contributed by atoms with E-state index in [1.165, 1.54) is 17.8 Å². The summed E-state index contributed by atoms with van der Waals surface area (Å²) in [6, 6.07) is 10.5. The van der Waals surface area contributed by atoms with E-state index in [4.69, 9.17) is 4.42 Å². The Morgan fingerprint density at radius 3 is 2.62 bits per heavy atom. The number of aromatic nitrogens is 2. The van der Waals surface area contributed by atoms with Crippen molar-refractivity contribution in [3.8, 4) is 11.5 Å². The predicted molar refractivity (Wildman–Crippen MR) is 94.8 cm³/mol. The zero-order chi connectivity index (χ0) is 17.3. The zero-order valence-corrected chi connectivity index (χ0v) is 15.1. The van der Waals surface area contributed by atoms with Gasteiger partial charge in [-0.25, -0.2) is 8.42 Å². The smallest absolute Gasteiger partial charge is 0.265 e. The van der Waals surface area contributed by atoms with Gasteiger partial charge in [0.25, 0.3) is 10.0 Å². The highest BCUT2D eigenvalue weighted by atomic mass is 32.2. The van der Waals surface area contributed by atoms with Crippen molar-refractivity contribution in [1.82, 2.24) is 10.2 Å². The van der Waals surface area contributed by atoms with Gasteiger partial charge in [0, 0.05) is 16.7 Å². The van der Waals surface area contributed by atoms with Crippen LogP contribution in [0.1, 0.15) is 11.5 Å². The fourth-order valence-electron chi connectivity index (χ4n) is 2.33. The molecule has 1 aromatic carbocycles. The number of furan rings is 1. The van der Waals surface area contributed by atoms with Crippen molar-refractivity contribution in [2.24, 2.45) is 0 Å². The van der Waals surface area contributed by atoms with E-state index in [2.05, 4.69) is 14.9 Å². The highest BCUT2D eigenvalue weighted by Gasteiger charge is 2.23. The van der Waals surface area contributed by atoms with Crippen LogP contribution in [-0.4, -0.2) is 24.9 Å². The number of aromatic amines is 1. The Morgan fingerprint density at radius 1 is 1.21 bits per heavy atom. The van der Waals surface area contributed by atoms with Gasteiger partial charge in [0.15, 0.2) is 5.76 Å². The average Bonchev–Trinajstić information content (AvgIpc) is 3.13. The molecule has 2 aromatic heterocycles. The van der Waals surface area contributed by atoms with E-state index in [0.29, 0.717) is 22.9 Å². The van der Waals surface area contributed by atoms with Gasteiger partial charge in [-0.3, -0.25) is 9.82 Å². The number of nitrogens with one attached hydrogen (secondary N) is 2. The van der Waals surface area contributed by atoms with E-state index < -0.39 is 10.0 Å². The molecule has 6 nitrogen and oxygen atoms in total. The Bertz CT molecular complexity index is 974. The first-order chi connectivity index (χ1) is 11.4. The minimum atomic E-state index is -3.75. The molecular weight excluding hydrogens is 346 g/mol. The summed E-state index contributed by atoms with van der Waals surface area (Å²) < 4.78 is 33.7. The van der Waals surface area contributed by atoms with E-state index >= 15 is 0 Å². The van der Waals surface area contributed by atoms with Crippen LogP contribution in [0.4, 0.5) is 5.69 Å². The van der Waals surface area contributed by atoms with Crippen LogP contribution < -0.4 is 4.72 Å². The van der Waals surface area contributed by atoms with Gasteiger partial charge >= 0.3 is 0 Å². The average molecular weight is 363 g/mol. The molecule has 2 N–H and O–H groups in total. The van der Waals surface area contributed by atoms with Gasteiger partial charge < -0.3 is 4.42 Å². The van der Waals surface area contributed by atoms with Crippen LogP contribution >= 0.6 is 11.8 Å². The molecule has 0 aliphatic carbocycles. The maximum Gasteiger partial charge on any atom is 0.265 e. The van der Waals surface area contributed by atoms with Crippen LogP contribution in [0.15, 0.2) is 50.6 Å². The second-order valence-corrected chi connectivity index (χ2v) is 7.77. The number of anilines is 1. The minimum Gasteiger partial charge on any atom is -0.458 e. The van der Waals surface area contributed by atoms with E-state index in [0.717, 1.165) is 10.6 Å². The summed E-state index contributed by atoms with van der Waals surface area (Å²) in [6.45, 7) is 3.49. The quantitative estimate of drug-likeness (QED) is 0.673. The van der Waals surface area contributed by atoms with Gasteiger partial charge in [-0.2, -0.15) is 5.10 Å². The highest BCUT2D eigenvalue weighted by molar-refractivity contribution is 7.99. The Morgan fingerprint density at radius 2 is 1.96 bits per heavy atom. The van der Waals surface area contributed by atoms with Crippen molar-refractivity contribution in [3.63, 3.8) is 0 Å². The number of rotatable bonds is 5. The fraction of sp³-hybridized carbons (Fsp3) is 0.188. The monoisotopic (exact) mass is 363 g/mol. The van der Waals surface area contributed by atoms with Gasteiger partial charge in [0.1, 0.15) is 16.3 Å². The summed E-state index contributed by atoms with van der Waals surface area (Å²) in [5, 5.41) is 6.91. The summed E-state index contributed by atoms with van der Waals surface area (Å²) in [6.07, 6.45) is 1.90. The molecule has 0 amide bonds. The van der Waals surface area contributed by atoms with E-state index in [1.807, 2.05) is 25.3 Å². The second-order valence-electron chi connectivity index (χ2n) is 5.27. The molecule has 126 valence electrons. The number of para-hydroxylation sites is 1. The molecule has 0 unspecified atom stereocenters. The van der Waals surface area contributed by atoms with E-state index in [-0.39, 0.29) is 4.90 Å². The number of benzene rings is 1. The minimum absolute atomic E-state index is 0.106. The molecule has 0 radical (unpaired) electrons. The lowest BCUT2D eigenvalue weighted by atomic mass is 10.3. The van der Waals surface area contributed by atoms with Crippen molar-refractivity contribution < 1.29 is 12.8 Å². The lowest BCUT2D eigenvalue weighted by Gasteiger charge is -2.10. The van der Waals surface area contributed by atoms with Crippen LogP contribution in [-0.2, 0) is 10.0 Å². The number of hydrogen-bond donors (Lipinski definition) is 2. The van der Waals surface area contributed by atoms with Crippen LogP contribution in [0.5, 0.6) is 0 Å². The number of thioether (sulfide) groups is 1. The van der Waals surface area contributed by atoms with Gasteiger partial charge in [-0.05, 0) is 38.3 Å². The maximum absolute atomic E-state index is 12.7. The van der Waals surface area contributed by atoms with Gasteiger partial charge in [-0.1, -0.05) is 12.1 Å². The number of sulfonamides is 1. The Kier molecular flexibility index (Phi) is 4.42. The first kappa shape index (κ1) is 16.7. The summed E-state index contributed by atoms with van der Waals surface area (Å²) in [5.41, 5.74) is 1.99. The highest BCUT2D eigenvalue weighted by Crippen LogP contribution is 2.31. The molecule has 0 aliphatic rings. The largest absolute Gasteiger partial charge is 0.458 e. The first-order valence-corrected chi connectivity index (χ1v) is 9.90. The molecule has 3 rings (SSSR count). The second kappa shape index (κ2) is 6.37. The Hall–Kier alpha value is -2.19. The van der Waals surface area contributed by atoms with Crippen LogP contribution in [0.25, 0.3) is 11.5 Å². The molecular formula is C16H17N3O3S2. The topological polar surface area (TPSA) is 88.0 Å². The van der Waals surface area contributed by atoms with E-state index in [1.54, 1.807) is 25.1 Å². The summed E-state index contributed by atoms with van der Waals surface area (Å²) in [5.74, 6) is 0.732. The van der Waals surface area contributed by atoms with E-state index in [9.17, 15) is 8.42 Å². The SMILES string of the molecule is CSc1ccccc1NS(=O)(=O)c1cc(-c2cc(C)[nH]n2)oc1C. The van der Waals surface area contributed by atoms with Crippen LogP contribution in [0.2, 0.25) is 0 Å². The molecule has 0 atom stereocenters. The molecule has 3 aromatic rings. The van der Waals surface area contributed by atoms with Gasteiger partial charge in [0.05, 0.1) is 5.69 Å². The van der Waals surface area contributed by atoms with Crippen molar-refractivity contribution in [2.75, 3.05) is 11.0 Å². The summed E-state index contributed by atoms with van der Waals surface area (Å²) >= 11 is 1.48. The van der Waals surface area contributed by atoms with Crippen molar-refractivity contribution >= 4 is 27.5 Å². The third-order valence-corrected chi connectivity index (χ3v) is 5.74. The normalized spacial score (nSPS) is 11.6. The lowest BCUT2D eigenvalue weighted by Crippen LogP contribution is -2.13. The predicted octanol–water partition coefficient (Wildman–Crippen LogP) is 3.81. The number of nitrogens with zero attached hydrogens (tertiary/aromatic N) is 1. The Balaban J connectivity index is 1.97. The van der Waals surface area contributed by atoms with Gasteiger partial charge in [0.2, 0.25) is 0 Å². The number of hydrogen-bond acceptors (Lipinski definition) is 5. The van der Waals surface area contributed by atoms with Crippen molar-refractivity contribution in [2.45, 2.75) is 23.6 Å². The maximum atomic E-state index is 12.7. The molecule has 0 fully saturated rings. The molecule has 0 spiro atoms. The van der Waals surface area contributed by atoms with Gasteiger partial charge in [-0.15, -0.1) is 11.8 Å². The van der Waals surface area contributed by atoms with Crippen molar-refractivity contribution in [3.05, 3.63) is 47.9 Å². The van der Waals surface area contributed by atoms with Crippen LogP contribution in [0, 0.1) is 13.8 Å². The zero-order valence-electron chi connectivity index (χ0n) is 13.5. The fourth-order valence-corrected chi connectivity index (χ4v) is 4.21. The third-order valence-electron chi connectivity index (χ3n) is 3.47. The number of H-pyrrole nitrogens is 1. The molecule has 0 saturated heterocycles. The third kappa shape index (κ3) is 3.20. The molecule has 8 heteroatoms. The van der Waals surface area contributed by atoms with Crippen molar-refractivity contribution in [1.29, 1.82) is 0 Å². The molecule has 0 aliphatic heterocycles. The summed E-state index contributed by atoms with van der Waals surface area (Å²) in [4.78, 5) is 0.958.